The van der Waals surface area contributed by atoms with Gasteiger partial charge in [-0.25, -0.2) is 0 Å². The highest BCUT2D eigenvalue weighted by molar-refractivity contribution is 5.38. The summed E-state index contributed by atoms with van der Waals surface area (Å²) in [4.78, 5) is 4.21. The molecule has 1 heterocycles. The molecule has 0 saturated carbocycles. The molecule has 1 unspecified atom stereocenters. The molecule has 0 aliphatic carbocycles. The zero-order valence-corrected chi connectivity index (χ0v) is 11.7. The van der Waals surface area contributed by atoms with Crippen LogP contribution >= 0.6 is 0 Å². The number of ether oxygens (including phenoxy) is 1. The monoisotopic (exact) mass is 256 g/mol. The van der Waals surface area contributed by atoms with Gasteiger partial charge in [0.15, 0.2) is 0 Å². The Morgan fingerprint density at radius 3 is 2.53 bits per heavy atom. The summed E-state index contributed by atoms with van der Waals surface area (Å²) in [5, 5.41) is 3.38. The molecule has 0 spiro atoms. The van der Waals surface area contributed by atoms with Crippen LogP contribution in [0.2, 0.25) is 0 Å². The van der Waals surface area contributed by atoms with Crippen molar-refractivity contribution in [3.8, 4) is 5.75 Å². The van der Waals surface area contributed by atoms with Crippen LogP contribution in [0.3, 0.4) is 0 Å². The molecule has 0 bridgehead atoms. The van der Waals surface area contributed by atoms with Crippen LogP contribution < -0.4 is 10.1 Å². The van der Waals surface area contributed by atoms with Crippen LogP contribution in [0, 0.1) is 0 Å². The molecule has 3 heteroatoms. The van der Waals surface area contributed by atoms with Crippen molar-refractivity contribution in [3.05, 3.63) is 59.4 Å². The minimum atomic E-state index is 0.184. The number of benzene rings is 1. The predicted molar refractivity (Wildman–Crippen MR) is 77.5 cm³/mol. The standard InChI is InChI=1S/C16H20N2O/c1-4-12-11-18-10-9-15(12)16(17-2)13-5-7-14(19-3)8-6-13/h5-11,16-17H,4H2,1-3H3. The van der Waals surface area contributed by atoms with E-state index in [9.17, 15) is 0 Å². The lowest BCUT2D eigenvalue weighted by Crippen LogP contribution is -2.19. The topological polar surface area (TPSA) is 34.2 Å². The number of rotatable bonds is 5. The molecule has 0 saturated heterocycles. The molecule has 1 aromatic carbocycles. The maximum Gasteiger partial charge on any atom is 0.118 e. The molecule has 2 rings (SSSR count). The molecular formula is C16H20N2O. The first kappa shape index (κ1) is 13.6. The van der Waals surface area contributed by atoms with Crippen LogP contribution in [0.25, 0.3) is 0 Å². The number of aromatic nitrogens is 1. The Labute approximate surface area is 114 Å². The Morgan fingerprint density at radius 1 is 1.21 bits per heavy atom. The van der Waals surface area contributed by atoms with Crippen LogP contribution in [0.5, 0.6) is 5.75 Å². The van der Waals surface area contributed by atoms with E-state index < -0.39 is 0 Å². The molecule has 3 nitrogen and oxygen atoms in total. The second-order valence-corrected chi connectivity index (χ2v) is 4.42. The van der Waals surface area contributed by atoms with E-state index >= 15 is 0 Å². The van der Waals surface area contributed by atoms with E-state index in [4.69, 9.17) is 4.74 Å². The van der Waals surface area contributed by atoms with Crippen molar-refractivity contribution >= 4 is 0 Å². The third-order valence-electron chi connectivity index (χ3n) is 3.37. The van der Waals surface area contributed by atoms with E-state index in [1.54, 1.807) is 7.11 Å². The molecule has 0 fully saturated rings. The number of methoxy groups -OCH3 is 1. The summed E-state index contributed by atoms with van der Waals surface area (Å²) in [6, 6.07) is 10.5. The van der Waals surface area contributed by atoms with Gasteiger partial charge in [-0.3, -0.25) is 4.98 Å². The van der Waals surface area contributed by atoms with E-state index in [1.807, 2.05) is 31.6 Å². The summed E-state index contributed by atoms with van der Waals surface area (Å²) in [6.07, 6.45) is 4.78. The largest absolute Gasteiger partial charge is 0.497 e. The van der Waals surface area contributed by atoms with Crippen LogP contribution in [0.15, 0.2) is 42.7 Å². The Bertz CT molecular complexity index is 523. The molecule has 1 N–H and O–H groups in total. The number of pyridine rings is 1. The lowest BCUT2D eigenvalue weighted by Gasteiger charge is -2.20. The Balaban J connectivity index is 2.37. The number of aryl methyl sites for hydroxylation is 1. The van der Waals surface area contributed by atoms with Gasteiger partial charge in [-0.15, -0.1) is 0 Å². The van der Waals surface area contributed by atoms with Gasteiger partial charge in [-0.1, -0.05) is 19.1 Å². The molecule has 1 atom stereocenters. The molecule has 0 radical (unpaired) electrons. The average Bonchev–Trinajstić information content (AvgIpc) is 2.49. The number of nitrogens with zero attached hydrogens (tertiary/aromatic N) is 1. The van der Waals surface area contributed by atoms with E-state index in [2.05, 4.69) is 35.4 Å². The number of nitrogens with one attached hydrogen (secondary N) is 1. The van der Waals surface area contributed by atoms with E-state index in [1.165, 1.54) is 16.7 Å². The van der Waals surface area contributed by atoms with Crippen LogP contribution in [0.1, 0.15) is 29.7 Å². The summed E-state index contributed by atoms with van der Waals surface area (Å²) in [5.41, 5.74) is 3.78. The molecule has 0 aliphatic heterocycles. The summed E-state index contributed by atoms with van der Waals surface area (Å²) in [6.45, 7) is 2.15. The molecule has 1 aromatic heterocycles. The molecule has 100 valence electrons. The van der Waals surface area contributed by atoms with Crippen molar-refractivity contribution in [2.45, 2.75) is 19.4 Å². The minimum Gasteiger partial charge on any atom is -0.497 e. The predicted octanol–water partition coefficient (Wildman–Crippen LogP) is 2.96. The average molecular weight is 256 g/mol. The highest BCUT2D eigenvalue weighted by Gasteiger charge is 2.14. The third-order valence-corrected chi connectivity index (χ3v) is 3.37. The molecular weight excluding hydrogens is 236 g/mol. The molecule has 0 amide bonds. The highest BCUT2D eigenvalue weighted by Crippen LogP contribution is 2.26. The lowest BCUT2D eigenvalue weighted by atomic mass is 9.95. The van der Waals surface area contributed by atoms with E-state index in [-0.39, 0.29) is 6.04 Å². The Hall–Kier alpha value is -1.87. The van der Waals surface area contributed by atoms with Crippen molar-refractivity contribution in [2.75, 3.05) is 14.2 Å². The third kappa shape index (κ3) is 2.93. The molecule has 0 aliphatic rings. The Morgan fingerprint density at radius 2 is 1.95 bits per heavy atom. The summed E-state index contributed by atoms with van der Waals surface area (Å²) in [5.74, 6) is 0.879. The van der Waals surface area contributed by atoms with Crippen molar-refractivity contribution in [1.29, 1.82) is 0 Å². The van der Waals surface area contributed by atoms with Gasteiger partial charge in [0.25, 0.3) is 0 Å². The SMILES string of the molecule is CCc1cnccc1C(NC)c1ccc(OC)cc1. The number of hydrogen-bond acceptors (Lipinski definition) is 3. The van der Waals surface area contributed by atoms with Crippen molar-refractivity contribution < 1.29 is 4.74 Å². The second-order valence-electron chi connectivity index (χ2n) is 4.42. The van der Waals surface area contributed by atoms with Gasteiger partial charge in [0.2, 0.25) is 0 Å². The first-order chi connectivity index (χ1) is 9.30. The lowest BCUT2D eigenvalue weighted by molar-refractivity contribution is 0.414. The highest BCUT2D eigenvalue weighted by atomic mass is 16.5. The maximum absolute atomic E-state index is 5.20. The summed E-state index contributed by atoms with van der Waals surface area (Å²) >= 11 is 0. The Kier molecular flexibility index (Phi) is 4.53. The summed E-state index contributed by atoms with van der Waals surface area (Å²) in [7, 11) is 3.66. The second kappa shape index (κ2) is 6.34. The zero-order valence-electron chi connectivity index (χ0n) is 11.7. The van der Waals surface area contributed by atoms with Gasteiger partial charge in [-0.05, 0) is 48.4 Å². The van der Waals surface area contributed by atoms with E-state index in [0.29, 0.717) is 0 Å². The zero-order chi connectivity index (χ0) is 13.7. The fraction of sp³-hybridized carbons (Fsp3) is 0.312. The number of hydrogen-bond donors (Lipinski definition) is 1. The first-order valence-corrected chi connectivity index (χ1v) is 6.54. The normalized spacial score (nSPS) is 12.2. The first-order valence-electron chi connectivity index (χ1n) is 6.54. The van der Waals surface area contributed by atoms with Crippen LogP contribution in [0.4, 0.5) is 0 Å². The quantitative estimate of drug-likeness (QED) is 0.893. The maximum atomic E-state index is 5.20. The molecule has 2 aromatic rings. The van der Waals surface area contributed by atoms with Gasteiger partial charge in [0, 0.05) is 12.4 Å². The van der Waals surface area contributed by atoms with Gasteiger partial charge >= 0.3 is 0 Å². The van der Waals surface area contributed by atoms with Gasteiger partial charge in [0.05, 0.1) is 13.2 Å². The fourth-order valence-corrected chi connectivity index (χ4v) is 2.31. The van der Waals surface area contributed by atoms with Gasteiger partial charge < -0.3 is 10.1 Å². The van der Waals surface area contributed by atoms with Crippen molar-refractivity contribution in [1.82, 2.24) is 10.3 Å². The van der Waals surface area contributed by atoms with Crippen molar-refractivity contribution in [3.63, 3.8) is 0 Å². The smallest absolute Gasteiger partial charge is 0.118 e. The fourth-order valence-electron chi connectivity index (χ4n) is 2.31. The minimum absolute atomic E-state index is 0.184. The van der Waals surface area contributed by atoms with Crippen LogP contribution in [-0.4, -0.2) is 19.1 Å². The van der Waals surface area contributed by atoms with Crippen LogP contribution in [-0.2, 0) is 6.42 Å². The van der Waals surface area contributed by atoms with Gasteiger partial charge in [0.1, 0.15) is 5.75 Å². The van der Waals surface area contributed by atoms with Crippen molar-refractivity contribution in [2.24, 2.45) is 0 Å². The van der Waals surface area contributed by atoms with E-state index in [0.717, 1.165) is 12.2 Å². The summed E-state index contributed by atoms with van der Waals surface area (Å²) < 4.78 is 5.20. The molecule has 19 heavy (non-hydrogen) atoms. The van der Waals surface area contributed by atoms with Gasteiger partial charge in [-0.2, -0.15) is 0 Å².